The van der Waals surface area contributed by atoms with Gasteiger partial charge in [-0.15, -0.1) is 0 Å². The average Bonchev–Trinajstić information content (AvgIpc) is 1.65. The molecule has 0 radical (unpaired) electrons. The lowest BCUT2D eigenvalue weighted by atomic mass is 9.71. The molecule has 8 heavy (non-hydrogen) atoms. The third-order valence-electron chi connectivity index (χ3n) is 0.796. The summed E-state index contributed by atoms with van der Waals surface area (Å²) in [5.41, 5.74) is 0. The van der Waals surface area contributed by atoms with E-state index in [4.69, 9.17) is 9.14 Å². The van der Waals surface area contributed by atoms with Crippen molar-refractivity contribution in [3.8, 4) is 0 Å². The Labute approximate surface area is 52.6 Å². The van der Waals surface area contributed by atoms with Gasteiger partial charge in [0.05, 0.1) is 0 Å². The van der Waals surface area contributed by atoms with Gasteiger partial charge < -0.3 is 9.14 Å². The minimum atomic E-state index is -0.0741. The quantitative estimate of drug-likeness (QED) is 0.475. The SMILES string of the molecule is BOB(C)OB(C)C. The van der Waals surface area contributed by atoms with Crippen molar-refractivity contribution in [1.29, 1.82) is 0 Å². The van der Waals surface area contributed by atoms with Gasteiger partial charge in [0, 0.05) is 0 Å². The summed E-state index contributed by atoms with van der Waals surface area (Å²) < 4.78 is 10.0. The van der Waals surface area contributed by atoms with Crippen LogP contribution in [-0.4, -0.2) is 22.1 Å². The van der Waals surface area contributed by atoms with Crippen LogP contribution in [0.2, 0.25) is 20.5 Å². The van der Waals surface area contributed by atoms with Gasteiger partial charge in [0.2, 0.25) is 8.05 Å². The maximum absolute atomic E-state index is 5.18. The Morgan fingerprint density at radius 3 is 1.88 bits per heavy atom. The van der Waals surface area contributed by atoms with Crippen molar-refractivity contribution >= 4 is 22.1 Å². The molecular formula is C3H11B3O2. The molecule has 0 aliphatic heterocycles. The van der Waals surface area contributed by atoms with Crippen LogP contribution in [0.4, 0.5) is 0 Å². The Kier molecular flexibility index (Phi) is 4.10. The van der Waals surface area contributed by atoms with Crippen LogP contribution in [0, 0.1) is 0 Å². The summed E-state index contributed by atoms with van der Waals surface area (Å²) in [4.78, 5) is 0. The average molecular weight is 112 g/mol. The van der Waals surface area contributed by atoms with E-state index >= 15 is 0 Å². The summed E-state index contributed by atoms with van der Waals surface area (Å²) in [6.07, 6.45) is 0. The van der Waals surface area contributed by atoms with Gasteiger partial charge in [-0.1, -0.05) is 13.6 Å². The molecule has 0 heterocycles. The predicted molar refractivity (Wildman–Crippen MR) is 39.8 cm³/mol. The first-order valence-electron chi connectivity index (χ1n) is 2.85. The van der Waals surface area contributed by atoms with Crippen LogP contribution >= 0.6 is 0 Å². The second kappa shape index (κ2) is 4.04. The molecule has 0 aromatic heterocycles. The molecule has 0 rings (SSSR count). The van der Waals surface area contributed by atoms with Gasteiger partial charge in [0.15, 0.2) is 0 Å². The van der Waals surface area contributed by atoms with Gasteiger partial charge in [-0.05, 0) is 6.82 Å². The highest BCUT2D eigenvalue weighted by Gasteiger charge is 2.09. The lowest BCUT2D eigenvalue weighted by Gasteiger charge is -2.08. The van der Waals surface area contributed by atoms with E-state index in [1.165, 1.54) is 0 Å². The topological polar surface area (TPSA) is 18.5 Å². The first-order chi connectivity index (χ1) is 3.66. The van der Waals surface area contributed by atoms with Crippen molar-refractivity contribution in [3.63, 3.8) is 0 Å². The molecule has 0 atom stereocenters. The van der Waals surface area contributed by atoms with Gasteiger partial charge >= 0.3 is 7.12 Å². The monoisotopic (exact) mass is 112 g/mol. The Bertz CT molecular complexity index is 58.5. The molecule has 0 saturated carbocycles. The van der Waals surface area contributed by atoms with Gasteiger partial charge in [0.1, 0.15) is 0 Å². The first kappa shape index (κ1) is 8.11. The van der Waals surface area contributed by atoms with Crippen molar-refractivity contribution in [3.05, 3.63) is 0 Å². The van der Waals surface area contributed by atoms with Crippen LogP contribution in [0.15, 0.2) is 0 Å². The van der Waals surface area contributed by atoms with Crippen LogP contribution in [0.5, 0.6) is 0 Å². The second-order valence-corrected chi connectivity index (χ2v) is 1.99. The Morgan fingerprint density at radius 1 is 1.25 bits per heavy atom. The van der Waals surface area contributed by atoms with Gasteiger partial charge in [-0.2, -0.15) is 0 Å². The fraction of sp³-hybridized carbons (Fsp3) is 1.00. The molecule has 44 valence electrons. The summed E-state index contributed by atoms with van der Waals surface area (Å²) in [6.45, 7) is 6.09. The normalized spacial score (nSPS) is 8.88. The number of rotatable bonds is 3. The zero-order chi connectivity index (χ0) is 6.57. The van der Waals surface area contributed by atoms with E-state index in [0.717, 1.165) is 0 Å². The van der Waals surface area contributed by atoms with E-state index in [9.17, 15) is 0 Å². The largest absolute Gasteiger partial charge is 0.481 e. The van der Waals surface area contributed by atoms with Crippen molar-refractivity contribution in [2.45, 2.75) is 20.5 Å². The fourth-order valence-electron chi connectivity index (χ4n) is 0.439. The Balaban J connectivity index is 3.10. The molecule has 5 heteroatoms. The molecule has 0 aromatic rings. The van der Waals surface area contributed by atoms with Gasteiger partial charge in [-0.25, -0.2) is 0 Å². The molecule has 0 aromatic carbocycles. The van der Waals surface area contributed by atoms with E-state index in [1.54, 1.807) is 8.05 Å². The summed E-state index contributed by atoms with van der Waals surface area (Å²) in [6, 6.07) is 0. The molecule has 0 aliphatic carbocycles. The van der Waals surface area contributed by atoms with E-state index in [0.29, 0.717) is 0 Å². The van der Waals surface area contributed by atoms with Crippen LogP contribution in [0.25, 0.3) is 0 Å². The van der Waals surface area contributed by atoms with Crippen molar-refractivity contribution in [2.24, 2.45) is 0 Å². The van der Waals surface area contributed by atoms with Crippen molar-refractivity contribution < 1.29 is 9.14 Å². The highest BCUT2D eigenvalue weighted by molar-refractivity contribution is 6.62. The number of hydrogen-bond donors (Lipinski definition) is 0. The molecule has 0 saturated heterocycles. The van der Waals surface area contributed by atoms with Gasteiger partial charge in [-0.3, -0.25) is 0 Å². The highest BCUT2D eigenvalue weighted by Crippen LogP contribution is 1.88. The summed E-state index contributed by atoms with van der Waals surface area (Å²) in [5, 5.41) is 0. The third-order valence-corrected chi connectivity index (χ3v) is 0.796. The first-order valence-corrected chi connectivity index (χ1v) is 2.85. The Hall–Kier alpha value is 0.115. The smallest absolute Gasteiger partial charge is 0.422 e. The van der Waals surface area contributed by atoms with Crippen molar-refractivity contribution in [2.75, 3.05) is 0 Å². The van der Waals surface area contributed by atoms with Crippen LogP contribution < -0.4 is 0 Å². The van der Waals surface area contributed by atoms with Crippen molar-refractivity contribution in [1.82, 2.24) is 0 Å². The van der Waals surface area contributed by atoms with E-state index in [1.807, 2.05) is 20.5 Å². The van der Waals surface area contributed by atoms with E-state index in [-0.39, 0.29) is 14.0 Å². The van der Waals surface area contributed by atoms with Gasteiger partial charge in [0.25, 0.3) is 6.92 Å². The molecule has 2 nitrogen and oxygen atoms in total. The summed E-state index contributed by atoms with van der Waals surface area (Å²) >= 11 is 0. The summed E-state index contributed by atoms with van der Waals surface area (Å²) in [7, 11) is 1.56. The Morgan fingerprint density at radius 2 is 1.75 bits per heavy atom. The maximum Gasteiger partial charge on any atom is 0.422 e. The second-order valence-electron chi connectivity index (χ2n) is 1.99. The maximum atomic E-state index is 5.18. The predicted octanol–water partition coefficient (Wildman–Crippen LogP) is -0.0632. The molecular weight excluding hydrogens is 100 g/mol. The highest BCUT2D eigenvalue weighted by atomic mass is 16.5. The zero-order valence-corrected chi connectivity index (χ0v) is 5.97. The lowest BCUT2D eigenvalue weighted by Crippen LogP contribution is -2.23. The zero-order valence-electron chi connectivity index (χ0n) is 5.97. The molecule has 0 aliphatic rings. The van der Waals surface area contributed by atoms with E-state index in [2.05, 4.69) is 0 Å². The molecule has 0 fully saturated rings. The minimum absolute atomic E-state index is 0.0741. The van der Waals surface area contributed by atoms with E-state index < -0.39 is 0 Å². The standard InChI is InChI=1S/C3H11B3O2/c1-5(2)8-6(3)7-4/h4H2,1-3H3. The minimum Gasteiger partial charge on any atom is -0.481 e. The number of hydrogen-bond acceptors (Lipinski definition) is 2. The fourth-order valence-corrected chi connectivity index (χ4v) is 0.439. The molecule has 0 spiro atoms. The molecule has 0 bridgehead atoms. The van der Waals surface area contributed by atoms with Crippen LogP contribution in [-0.2, 0) is 9.14 Å². The molecule has 0 N–H and O–H groups in total. The molecule has 0 amide bonds. The molecule has 0 unspecified atom stereocenters. The third kappa shape index (κ3) is 4.28. The van der Waals surface area contributed by atoms with Crippen LogP contribution in [0.3, 0.4) is 0 Å². The van der Waals surface area contributed by atoms with Crippen LogP contribution in [0.1, 0.15) is 0 Å². The summed E-state index contributed by atoms with van der Waals surface area (Å²) in [5.74, 6) is 0. The lowest BCUT2D eigenvalue weighted by molar-refractivity contribution is 0.464.